The third-order valence-electron chi connectivity index (χ3n) is 3.08. The topological polar surface area (TPSA) is 95.0 Å². The zero-order valence-electron chi connectivity index (χ0n) is 17.8. The van der Waals surface area contributed by atoms with Crippen LogP contribution in [0.1, 0.15) is 40.6 Å². The molecule has 2 aromatic rings. The average Bonchev–Trinajstić information content (AvgIpc) is 2.62. The monoisotopic (exact) mass is 292 g/mol. The molecule has 1 aromatic heterocycles. The van der Waals surface area contributed by atoms with Crippen LogP contribution in [-0.2, 0) is 9.59 Å². The van der Waals surface area contributed by atoms with Gasteiger partial charge < -0.3 is 5.73 Å². The van der Waals surface area contributed by atoms with Crippen LogP contribution < -0.4 is 11.3 Å². The van der Waals surface area contributed by atoms with Gasteiger partial charge in [0.25, 0.3) is 5.56 Å². The molecule has 3 rings (SSSR count). The van der Waals surface area contributed by atoms with Crippen LogP contribution in [0.5, 0.6) is 0 Å². The highest BCUT2D eigenvalue weighted by molar-refractivity contribution is 6.03. The van der Waals surface area contributed by atoms with E-state index in [1.807, 2.05) is 0 Å². The quantitative estimate of drug-likeness (QED) is 0.628. The van der Waals surface area contributed by atoms with Gasteiger partial charge in [-0.1, -0.05) is 6.04 Å². The minimum Gasteiger partial charge on any atom is -0.398 e. The Morgan fingerprint density at radius 2 is 2.38 bits per heavy atom. The molecule has 1 fully saturated rings. The van der Waals surface area contributed by atoms with E-state index in [2.05, 4.69) is 4.98 Å². The van der Waals surface area contributed by atoms with Crippen LogP contribution in [-0.4, -0.2) is 21.1 Å². The third kappa shape index (κ3) is 2.12. The van der Waals surface area contributed by atoms with E-state index in [1.54, 1.807) is 0 Å². The van der Waals surface area contributed by atoms with Crippen LogP contribution in [0.4, 0.5) is 5.69 Å². The number of carbonyl (C=O) groups excluding carboxylic acids is 2. The van der Waals surface area contributed by atoms with E-state index in [4.69, 9.17) is 15.3 Å². The van der Waals surface area contributed by atoms with E-state index < -0.39 is 61.1 Å². The lowest BCUT2D eigenvalue weighted by Crippen LogP contribution is -2.36. The van der Waals surface area contributed by atoms with Gasteiger partial charge in [0, 0.05) is 17.5 Å². The van der Waals surface area contributed by atoms with E-state index in [-0.39, 0.29) is 22.6 Å². The Kier molecular flexibility index (Phi) is 1.71. The van der Waals surface area contributed by atoms with Crippen molar-refractivity contribution >= 4 is 28.2 Å². The number of Topliss-reactive ketones (excluding diaryl/α,β-unsaturated/α-hetero) is 2. The van der Waals surface area contributed by atoms with Gasteiger partial charge in [0.05, 0.1) is 27.5 Å². The molecule has 21 heavy (non-hydrogen) atoms. The molecule has 2 unspecified atom stereocenters. The molecular formula is C15H15N3O3. The lowest BCUT2D eigenvalue weighted by Gasteiger charge is -2.24. The van der Waals surface area contributed by atoms with Crippen molar-refractivity contribution in [3.05, 3.63) is 34.3 Å². The fourth-order valence-corrected chi connectivity index (χ4v) is 2.12. The summed E-state index contributed by atoms with van der Waals surface area (Å²) in [6.45, 7) is -0.732. The molecule has 2 N–H and O–H groups in total. The summed E-state index contributed by atoms with van der Waals surface area (Å²) in [7, 11) is 0. The number of hydrogen-bond acceptors (Lipinski definition) is 5. The summed E-state index contributed by atoms with van der Waals surface area (Å²) < 4.78 is 55.9. The maximum atomic E-state index is 13.1. The molecule has 0 aliphatic heterocycles. The molecule has 0 bridgehead atoms. The molecule has 0 amide bonds. The Hall–Kier alpha value is -2.50. The van der Waals surface area contributed by atoms with Gasteiger partial charge in [0.2, 0.25) is 0 Å². The highest BCUT2D eigenvalue weighted by Crippen LogP contribution is 2.24. The average molecular weight is 292 g/mol. The van der Waals surface area contributed by atoms with Gasteiger partial charge in [-0.3, -0.25) is 19.0 Å². The molecule has 1 heterocycles. The van der Waals surface area contributed by atoms with Gasteiger partial charge in [0.1, 0.15) is 11.6 Å². The molecule has 1 saturated carbocycles. The van der Waals surface area contributed by atoms with Crippen LogP contribution >= 0.6 is 0 Å². The van der Waals surface area contributed by atoms with Crippen molar-refractivity contribution in [1.82, 2.24) is 9.55 Å². The number of anilines is 1. The number of nitrogen functional groups attached to an aromatic ring is 1. The minimum atomic E-state index is -2.87. The first-order valence-corrected chi connectivity index (χ1v) is 5.98. The fourth-order valence-electron chi connectivity index (χ4n) is 2.12. The number of nitrogens with zero attached hydrogens (tertiary/aromatic N) is 2. The summed E-state index contributed by atoms with van der Waals surface area (Å²) in [4.78, 5) is 41.5. The Balaban J connectivity index is 2.47. The Labute approximate surface area is 130 Å². The van der Waals surface area contributed by atoms with Gasteiger partial charge in [0.15, 0.2) is 5.78 Å². The SMILES string of the molecule is [2H]Cc1nc2c([2H])c([2H])cc(N)c2c(=O)n1C1([2H])C(=O)CC(=O)C([2H])([2H])C1[2H]. The van der Waals surface area contributed by atoms with E-state index in [0.29, 0.717) is 4.57 Å². The highest BCUT2D eigenvalue weighted by Gasteiger charge is 2.30. The summed E-state index contributed by atoms with van der Waals surface area (Å²) in [5.74, 6) is -2.81. The predicted molar refractivity (Wildman–Crippen MR) is 78.1 cm³/mol. The van der Waals surface area contributed by atoms with Crippen molar-refractivity contribution in [3.63, 3.8) is 0 Å². The lowest BCUT2D eigenvalue weighted by molar-refractivity contribution is -0.132. The van der Waals surface area contributed by atoms with Crippen molar-refractivity contribution in [2.24, 2.45) is 0 Å². The number of ketones is 2. The zero-order chi connectivity index (χ0) is 21.2. The van der Waals surface area contributed by atoms with Crippen LogP contribution in [0.25, 0.3) is 10.9 Å². The number of aromatic nitrogens is 2. The van der Waals surface area contributed by atoms with Crippen LogP contribution in [0.3, 0.4) is 0 Å². The van der Waals surface area contributed by atoms with Crippen molar-refractivity contribution < 1.29 is 19.2 Å². The first-order valence-electron chi connectivity index (χ1n) is 9.77. The number of carbonyl (C=O) groups is 2. The standard InChI is InChI=1S/C15H15N3O3/c1-8-17-11-4-2-3-10(16)14(11)15(21)18(8)12-6-5-9(19)7-13(12)20/h2-4,12H,5-7,16H2,1H3/i1D,2D,4D,5D2,6D,12D. The smallest absolute Gasteiger partial charge is 0.264 e. The third-order valence-corrected chi connectivity index (χ3v) is 3.08. The number of nitrogens with two attached hydrogens (primary N) is 1. The van der Waals surface area contributed by atoms with E-state index in [9.17, 15) is 14.4 Å². The lowest BCUT2D eigenvalue weighted by atomic mass is 9.92. The second-order valence-electron chi connectivity index (χ2n) is 4.46. The number of benzene rings is 1. The molecule has 2 atom stereocenters. The largest absolute Gasteiger partial charge is 0.398 e. The van der Waals surface area contributed by atoms with E-state index in [0.717, 1.165) is 6.07 Å². The molecule has 6 heteroatoms. The number of aryl methyl sites for hydroxylation is 1. The zero-order valence-corrected chi connectivity index (χ0v) is 10.8. The molecule has 1 aromatic carbocycles. The molecular weight excluding hydrogens is 270 g/mol. The van der Waals surface area contributed by atoms with Crippen molar-refractivity contribution in [2.45, 2.75) is 32.1 Å². The van der Waals surface area contributed by atoms with Gasteiger partial charge in [-0.2, -0.15) is 0 Å². The minimum absolute atomic E-state index is 0.244. The van der Waals surface area contributed by atoms with Gasteiger partial charge in [-0.05, 0) is 25.4 Å². The number of rotatable bonds is 1. The Morgan fingerprint density at radius 3 is 3.14 bits per heavy atom. The molecule has 1 aliphatic rings. The second kappa shape index (κ2) is 4.80. The van der Waals surface area contributed by atoms with Crippen molar-refractivity contribution in [1.29, 1.82) is 0 Å². The Bertz CT molecular complexity index is 1100. The predicted octanol–water partition coefficient (Wildman–Crippen LogP) is 1.15. The Morgan fingerprint density at radius 1 is 1.57 bits per heavy atom. The van der Waals surface area contributed by atoms with Gasteiger partial charge in [-0.25, -0.2) is 4.98 Å². The molecule has 0 radical (unpaired) electrons. The summed E-state index contributed by atoms with van der Waals surface area (Å²) in [6.07, 6.45) is -6.15. The summed E-state index contributed by atoms with van der Waals surface area (Å²) >= 11 is 0. The van der Waals surface area contributed by atoms with E-state index >= 15 is 0 Å². The van der Waals surface area contributed by atoms with Crippen molar-refractivity contribution in [3.8, 4) is 0 Å². The molecule has 1 aliphatic carbocycles. The first-order chi connectivity index (χ1) is 12.9. The van der Waals surface area contributed by atoms with Crippen LogP contribution in [0.2, 0.25) is 0 Å². The number of hydrogen-bond donors (Lipinski definition) is 1. The highest BCUT2D eigenvalue weighted by atomic mass is 16.2. The molecule has 0 spiro atoms. The molecule has 6 nitrogen and oxygen atoms in total. The summed E-state index contributed by atoms with van der Waals surface area (Å²) in [6, 6.07) is -2.58. The van der Waals surface area contributed by atoms with E-state index in [1.165, 1.54) is 0 Å². The normalized spacial score (nSPS) is 33.3. The second-order valence-corrected chi connectivity index (χ2v) is 4.46. The van der Waals surface area contributed by atoms with Gasteiger partial charge >= 0.3 is 0 Å². The fraction of sp³-hybridized carbons (Fsp3) is 0.333. The maximum absolute atomic E-state index is 13.1. The summed E-state index contributed by atoms with van der Waals surface area (Å²) in [5.41, 5.74) is 4.14. The van der Waals surface area contributed by atoms with Crippen molar-refractivity contribution in [2.75, 3.05) is 5.73 Å². The summed E-state index contributed by atoms with van der Waals surface area (Å²) in [5, 5.41) is -0.373. The van der Waals surface area contributed by atoms with Gasteiger partial charge in [-0.15, -0.1) is 0 Å². The molecule has 0 saturated heterocycles. The maximum Gasteiger partial charge on any atom is 0.264 e. The first kappa shape index (κ1) is 7.49. The van der Waals surface area contributed by atoms with Crippen LogP contribution in [0, 0.1) is 6.90 Å². The van der Waals surface area contributed by atoms with Crippen LogP contribution in [0.15, 0.2) is 22.9 Å². The molecule has 108 valence electrons. The number of fused-ring (bicyclic) bond motifs is 1.